The number of aromatic nitrogens is 1. The number of aryl methyl sites for hydroxylation is 4. The Bertz CT molecular complexity index is 912. The van der Waals surface area contributed by atoms with E-state index in [9.17, 15) is 0 Å². The summed E-state index contributed by atoms with van der Waals surface area (Å²) in [5.74, 6) is 0. The number of benzene rings is 2. The standard InChI is InChI=1S/C21H22N/c1-15-10-11-19(16(2)12-15)21-13-20(17(3)14-22(21)4)18-8-6-5-7-9-18/h5-14H,1-4H3/q+1/i1D3. The van der Waals surface area contributed by atoms with Crippen LogP contribution in [0.25, 0.3) is 22.4 Å². The van der Waals surface area contributed by atoms with E-state index < -0.39 is 6.85 Å². The molecule has 0 aliphatic rings. The molecular formula is C21H22N+. The van der Waals surface area contributed by atoms with E-state index in [2.05, 4.69) is 35.9 Å². The van der Waals surface area contributed by atoms with E-state index in [1.807, 2.05) is 38.2 Å². The summed E-state index contributed by atoms with van der Waals surface area (Å²) in [7, 11) is 2.02. The van der Waals surface area contributed by atoms with Gasteiger partial charge in [-0.25, -0.2) is 4.57 Å². The molecule has 1 nitrogen and oxygen atoms in total. The maximum Gasteiger partial charge on any atom is 0.213 e. The summed E-state index contributed by atoms with van der Waals surface area (Å²) < 4.78 is 24.9. The SMILES string of the molecule is [2H]C([2H])([2H])c1ccc(-c2cc(-c3ccccc3)c(C)c[n+]2C)c(C)c1. The molecule has 0 aliphatic heterocycles. The van der Waals surface area contributed by atoms with E-state index in [1.54, 1.807) is 12.1 Å². The van der Waals surface area contributed by atoms with Crippen molar-refractivity contribution in [3.05, 3.63) is 77.5 Å². The molecule has 0 N–H and O–H groups in total. The number of nitrogens with zero attached hydrogens (tertiary/aromatic N) is 1. The average molecular weight is 291 g/mol. The molecule has 0 atom stereocenters. The molecule has 1 heterocycles. The molecule has 1 heteroatoms. The Balaban J connectivity index is 2.15. The van der Waals surface area contributed by atoms with Gasteiger partial charge in [0.15, 0.2) is 6.20 Å². The molecule has 2 aromatic carbocycles. The first kappa shape index (κ1) is 11.2. The zero-order chi connectivity index (χ0) is 18.2. The topological polar surface area (TPSA) is 3.88 Å². The van der Waals surface area contributed by atoms with Gasteiger partial charge in [-0.15, -0.1) is 0 Å². The first-order chi connectivity index (χ1) is 11.8. The van der Waals surface area contributed by atoms with Crippen LogP contribution >= 0.6 is 0 Å². The van der Waals surface area contributed by atoms with Gasteiger partial charge in [0.25, 0.3) is 0 Å². The second-order valence-corrected chi connectivity index (χ2v) is 5.76. The van der Waals surface area contributed by atoms with E-state index in [4.69, 9.17) is 4.11 Å². The largest absolute Gasteiger partial charge is 0.213 e. The monoisotopic (exact) mass is 291 g/mol. The van der Waals surface area contributed by atoms with Crippen LogP contribution in [0.3, 0.4) is 0 Å². The molecule has 0 saturated heterocycles. The normalized spacial score (nSPS) is 13.3. The van der Waals surface area contributed by atoms with Crippen LogP contribution in [0, 0.1) is 20.7 Å². The van der Waals surface area contributed by atoms with Gasteiger partial charge >= 0.3 is 0 Å². The van der Waals surface area contributed by atoms with E-state index in [-0.39, 0.29) is 0 Å². The van der Waals surface area contributed by atoms with Crippen LogP contribution in [0.4, 0.5) is 0 Å². The summed E-state index contributed by atoms with van der Waals surface area (Å²) >= 11 is 0. The van der Waals surface area contributed by atoms with Gasteiger partial charge in [0, 0.05) is 21.3 Å². The highest BCUT2D eigenvalue weighted by Crippen LogP contribution is 2.28. The third-order valence-electron chi connectivity index (χ3n) is 4.06. The summed E-state index contributed by atoms with van der Waals surface area (Å²) in [5, 5.41) is 0. The van der Waals surface area contributed by atoms with Gasteiger partial charge in [-0.3, -0.25) is 0 Å². The minimum atomic E-state index is -2.08. The Morgan fingerprint density at radius 2 is 1.64 bits per heavy atom. The van der Waals surface area contributed by atoms with Crippen molar-refractivity contribution in [2.45, 2.75) is 20.7 Å². The summed E-state index contributed by atoms with van der Waals surface area (Å²) in [5.41, 5.74) is 7.03. The average Bonchev–Trinajstić information content (AvgIpc) is 2.55. The lowest BCUT2D eigenvalue weighted by molar-refractivity contribution is -0.660. The zero-order valence-corrected chi connectivity index (χ0v) is 13.2. The van der Waals surface area contributed by atoms with Crippen molar-refractivity contribution in [1.82, 2.24) is 0 Å². The maximum absolute atomic E-state index is 7.59. The smallest absolute Gasteiger partial charge is 0.201 e. The Morgan fingerprint density at radius 3 is 2.32 bits per heavy atom. The van der Waals surface area contributed by atoms with Gasteiger partial charge in [0.1, 0.15) is 7.05 Å². The molecule has 0 unspecified atom stereocenters. The van der Waals surface area contributed by atoms with Crippen molar-refractivity contribution < 1.29 is 8.68 Å². The number of rotatable bonds is 2. The van der Waals surface area contributed by atoms with Gasteiger partial charge in [-0.1, -0.05) is 48.0 Å². The van der Waals surface area contributed by atoms with E-state index in [1.165, 1.54) is 16.7 Å². The predicted octanol–water partition coefficient (Wildman–Crippen LogP) is 4.77. The van der Waals surface area contributed by atoms with Gasteiger partial charge in [-0.2, -0.15) is 0 Å². The van der Waals surface area contributed by atoms with Crippen LogP contribution in [-0.4, -0.2) is 0 Å². The molecule has 110 valence electrons. The predicted molar refractivity (Wildman–Crippen MR) is 92.7 cm³/mol. The Hall–Kier alpha value is -2.41. The highest BCUT2D eigenvalue weighted by molar-refractivity contribution is 5.72. The lowest BCUT2D eigenvalue weighted by Crippen LogP contribution is -2.31. The minimum Gasteiger partial charge on any atom is -0.201 e. The molecule has 0 bridgehead atoms. The molecule has 1 aromatic heterocycles. The zero-order valence-electron chi connectivity index (χ0n) is 16.2. The third kappa shape index (κ3) is 2.67. The molecule has 0 aliphatic carbocycles. The lowest BCUT2D eigenvalue weighted by Gasteiger charge is -2.10. The van der Waals surface area contributed by atoms with Crippen LogP contribution in [0.1, 0.15) is 20.8 Å². The third-order valence-corrected chi connectivity index (χ3v) is 4.06. The fraction of sp³-hybridized carbons (Fsp3) is 0.190. The fourth-order valence-electron chi connectivity index (χ4n) is 2.93. The van der Waals surface area contributed by atoms with E-state index >= 15 is 0 Å². The van der Waals surface area contributed by atoms with Crippen LogP contribution in [0.5, 0.6) is 0 Å². The molecule has 22 heavy (non-hydrogen) atoms. The van der Waals surface area contributed by atoms with Crippen molar-refractivity contribution in [3.8, 4) is 22.4 Å². The summed E-state index contributed by atoms with van der Waals surface area (Å²) in [6.07, 6.45) is 2.12. The molecule has 0 saturated carbocycles. The summed E-state index contributed by atoms with van der Waals surface area (Å²) in [6.45, 7) is 2.00. The summed E-state index contributed by atoms with van der Waals surface area (Å²) in [6, 6.07) is 17.9. The van der Waals surface area contributed by atoms with Crippen LogP contribution in [0.2, 0.25) is 0 Å². The molecular weight excluding hydrogens is 266 g/mol. The molecule has 3 rings (SSSR count). The first-order valence-corrected chi connectivity index (χ1v) is 7.44. The van der Waals surface area contributed by atoms with Gasteiger partial charge in [0.05, 0.1) is 0 Å². The van der Waals surface area contributed by atoms with E-state index in [0.29, 0.717) is 5.56 Å². The van der Waals surface area contributed by atoms with Crippen molar-refractivity contribution >= 4 is 0 Å². The minimum absolute atomic E-state index is 0.381. The van der Waals surface area contributed by atoms with Crippen molar-refractivity contribution in [1.29, 1.82) is 0 Å². The Morgan fingerprint density at radius 1 is 0.864 bits per heavy atom. The van der Waals surface area contributed by atoms with Gasteiger partial charge < -0.3 is 0 Å². The Labute approximate surface area is 137 Å². The molecule has 0 spiro atoms. The van der Waals surface area contributed by atoms with Crippen LogP contribution < -0.4 is 4.57 Å². The van der Waals surface area contributed by atoms with Crippen LogP contribution in [-0.2, 0) is 7.05 Å². The second kappa shape index (κ2) is 5.76. The Kier molecular flexibility index (Phi) is 2.93. The molecule has 0 amide bonds. The number of hydrogen-bond donors (Lipinski definition) is 0. The van der Waals surface area contributed by atoms with E-state index in [0.717, 1.165) is 16.8 Å². The van der Waals surface area contributed by atoms with Crippen molar-refractivity contribution in [2.75, 3.05) is 0 Å². The van der Waals surface area contributed by atoms with Crippen molar-refractivity contribution in [2.24, 2.45) is 7.05 Å². The highest BCUT2D eigenvalue weighted by Gasteiger charge is 2.16. The lowest BCUT2D eigenvalue weighted by atomic mass is 9.97. The quantitative estimate of drug-likeness (QED) is 0.599. The highest BCUT2D eigenvalue weighted by atomic mass is 14.9. The van der Waals surface area contributed by atoms with Crippen LogP contribution in [0.15, 0.2) is 60.8 Å². The number of pyridine rings is 1. The molecule has 3 aromatic rings. The second-order valence-electron chi connectivity index (χ2n) is 5.76. The number of hydrogen-bond acceptors (Lipinski definition) is 0. The fourth-order valence-corrected chi connectivity index (χ4v) is 2.93. The van der Waals surface area contributed by atoms with Gasteiger partial charge in [0.2, 0.25) is 5.69 Å². The first-order valence-electron chi connectivity index (χ1n) is 8.94. The molecule has 0 radical (unpaired) electrons. The summed E-state index contributed by atoms with van der Waals surface area (Å²) in [4.78, 5) is 0. The van der Waals surface area contributed by atoms with Gasteiger partial charge in [-0.05, 0) is 43.5 Å². The maximum atomic E-state index is 7.59. The molecule has 0 fully saturated rings. The van der Waals surface area contributed by atoms with Crippen molar-refractivity contribution in [3.63, 3.8) is 0 Å².